The van der Waals surface area contributed by atoms with Gasteiger partial charge in [-0.25, -0.2) is 9.67 Å². The fraction of sp³-hybridized carbons (Fsp3) is 0.154. The third-order valence-electron chi connectivity index (χ3n) is 2.94. The summed E-state index contributed by atoms with van der Waals surface area (Å²) in [5, 5.41) is 6.36. The summed E-state index contributed by atoms with van der Waals surface area (Å²) in [5.41, 5.74) is 7.76. The van der Waals surface area contributed by atoms with E-state index in [4.69, 9.17) is 5.73 Å². The fourth-order valence-corrected chi connectivity index (χ4v) is 2.12. The van der Waals surface area contributed by atoms with Crippen molar-refractivity contribution in [2.75, 3.05) is 5.73 Å². The predicted octanol–water partition coefficient (Wildman–Crippen LogP) is 2.01. The standard InChI is InChI=1S/C13H13N5/c1-8-16-9(2)18(17-8)12-4-3-10-7-15-6-5-11(10)13(12)14/h3-7H,14H2,1-2H3. The lowest BCUT2D eigenvalue weighted by molar-refractivity contribution is 0.834. The van der Waals surface area contributed by atoms with Crippen LogP contribution in [0, 0.1) is 13.8 Å². The van der Waals surface area contributed by atoms with Gasteiger partial charge in [-0.3, -0.25) is 4.98 Å². The summed E-state index contributed by atoms with van der Waals surface area (Å²) in [7, 11) is 0. The van der Waals surface area contributed by atoms with Crippen molar-refractivity contribution in [3.05, 3.63) is 42.2 Å². The van der Waals surface area contributed by atoms with Crippen LogP contribution in [0.25, 0.3) is 16.5 Å². The topological polar surface area (TPSA) is 69.6 Å². The fourth-order valence-electron chi connectivity index (χ4n) is 2.12. The number of benzene rings is 1. The van der Waals surface area contributed by atoms with Crippen LogP contribution < -0.4 is 5.73 Å². The van der Waals surface area contributed by atoms with Crippen molar-refractivity contribution < 1.29 is 0 Å². The van der Waals surface area contributed by atoms with Gasteiger partial charge in [0.1, 0.15) is 11.6 Å². The molecule has 0 bridgehead atoms. The van der Waals surface area contributed by atoms with Crippen molar-refractivity contribution in [1.29, 1.82) is 0 Å². The van der Waals surface area contributed by atoms with Gasteiger partial charge in [-0.05, 0) is 26.0 Å². The van der Waals surface area contributed by atoms with Crippen LogP contribution >= 0.6 is 0 Å². The molecule has 2 aromatic heterocycles. The van der Waals surface area contributed by atoms with Gasteiger partial charge in [0.25, 0.3) is 0 Å². The number of nitrogen functional groups attached to an aromatic ring is 1. The first-order valence-corrected chi connectivity index (χ1v) is 5.69. The summed E-state index contributed by atoms with van der Waals surface area (Å²) in [6.45, 7) is 3.78. The first-order chi connectivity index (χ1) is 8.66. The average Bonchev–Trinajstić information content (AvgIpc) is 2.69. The molecule has 0 unspecified atom stereocenters. The van der Waals surface area contributed by atoms with Crippen LogP contribution in [-0.2, 0) is 0 Å². The Kier molecular flexibility index (Phi) is 2.26. The smallest absolute Gasteiger partial charge is 0.148 e. The number of fused-ring (bicyclic) bond motifs is 1. The van der Waals surface area contributed by atoms with E-state index in [1.807, 2.05) is 32.0 Å². The summed E-state index contributed by atoms with van der Waals surface area (Å²) in [6.07, 6.45) is 3.54. The third kappa shape index (κ3) is 1.52. The minimum absolute atomic E-state index is 0.697. The van der Waals surface area contributed by atoms with Gasteiger partial charge in [0.05, 0.1) is 11.4 Å². The van der Waals surface area contributed by atoms with Gasteiger partial charge in [0, 0.05) is 23.2 Å². The zero-order valence-electron chi connectivity index (χ0n) is 10.3. The van der Waals surface area contributed by atoms with Crippen molar-refractivity contribution in [2.24, 2.45) is 0 Å². The minimum atomic E-state index is 0.697. The Morgan fingerprint density at radius 1 is 1.17 bits per heavy atom. The lowest BCUT2D eigenvalue weighted by atomic mass is 10.1. The molecule has 0 spiro atoms. The zero-order valence-corrected chi connectivity index (χ0v) is 10.3. The number of nitrogens with two attached hydrogens (primary N) is 1. The van der Waals surface area contributed by atoms with Gasteiger partial charge in [-0.2, -0.15) is 5.10 Å². The molecule has 18 heavy (non-hydrogen) atoms. The molecule has 90 valence electrons. The Hall–Kier alpha value is -2.43. The molecule has 3 aromatic rings. The molecule has 3 rings (SSSR count). The van der Waals surface area contributed by atoms with Gasteiger partial charge in [0.15, 0.2) is 0 Å². The molecule has 1 aromatic carbocycles. The highest BCUT2D eigenvalue weighted by atomic mass is 15.3. The van der Waals surface area contributed by atoms with E-state index in [0.717, 1.165) is 28.1 Å². The first-order valence-electron chi connectivity index (χ1n) is 5.69. The molecule has 0 amide bonds. The van der Waals surface area contributed by atoms with Crippen LogP contribution in [0.5, 0.6) is 0 Å². The molecular weight excluding hydrogens is 226 g/mol. The second-order valence-electron chi connectivity index (χ2n) is 4.21. The maximum absolute atomic E-state index is 6.21. The molecule has 0 saturated carbocycles. The van der Waals surface area contributed by atoms with Crippen molar-refractivity contribution in [3.8, 4) is 5.69 Å². The van der Waals surface area contributed by atoms with Gasteiger partial charge in [-0.1, -0.05) is 6.07 Å². The van der Waals surface area contributed by atoms with E-state index in [-0.39, 0.29) is 0 Å². The number of anilines is 1. The lowest BCUT2D eigenvalue weighted by Crippen LogP contribution is -2.04. The van der Waals surface area contributed by atoms with E-state index in [1.54, 1.807) is 17.1 Å². The van der Waals surface area contributed by atoms with Crippen LogP contribution in [-0.4, -0.2) is 19.7 Å². The van der Waals surface area contributed by atoms with Crippen molar-refractivity contribution >= 4 is 16.5 Å². The number of aromatic nitrogens is 4. The van der Waals surface area contributed by atoms with Gasteiger partial charge in [0.2, 0.25) is 0 Å². The SMILES string of the molecule is Cc1nc(C)n(-c2ccc3cnccc3c2N)n1. The van der Waals surface area contributed by atoms with Crippen molar-refractivity contribution in [2.45, 2.75) is 13.8 Å². The van der Waals surface area contributed by atoms with Crippen LogP contribution in [0.2, 0.25) is 0 Å². The Morgan fingerprint density at radius 2 is 2.00 bits per heavy atom. The Balaban J connectivity index is 2.30. The second kappa shape index (κ2) is 3.80. The average molecular weight is 239 g/mol. The van der Waals surface area contributed by atoms with E-state index in [0.29, 0.717) is 5.69 Å². The zero-order chi connectivity index (χ0) is 12.7. The van der Waals surface area contributed by atoms with Gasteiger partial charge >= 0.3 is 0 Å². The van der Waals surface area contributed by atoms with E-state index in [9.17, 15) is 0 Å². The molecule has 0 aliphatic carbocycles. The molecule has 0 aliphatic heterocycles. The second-order valence-corrected chi connectivity index (χ2v) is 4.21. The maximum Gasteiger partial charge on any atom is 0.148 e. The van der Waals surface area contributed by atoms with Gasteiger partial charge in [-0.15, -0.1) is 0 Å². The number of aryl methyl sites for hydroxylation is 2. The number of nitrogens with zero attached hydrogens (tertiary/aromatic N) is 4. The first kappa shape index (κ1) is 10.7. The molecule has 0 radical (unpaired) electrons. The van der Waals surface area contributed by atoms with Crippen molar-refractivity contribution in [3.63, 3.8) is 0 Å². The van der Waals surface area contributed by atoms with Gasteiger partial charge < -0.3 is 5.73 Å². The molecule has 5 heteroatoms. The number of pyridine rings is 1. The number of hydrogen-bond acceptors (Lipinski definition) is 4. The summed E-state index contributed by atoms with van der Waals surface area (Å²) in [5.74, 6) is 1.56. The number of rotatable bonds is 1. The largest absolute Gasteiger partial charge is 0.396 e. The minimum Gasteiger partial charge on any atom is -0.396 e. The molecule has 2 heterocycles. The Bertz CT molecular complexity index is 729. The molecule has 0 atom stereocenters. The molecule has 0 saturated heterocycles. The van der Waals surface area contributed by atoms with E-state index < -0.39 is 0 Å². The molecule has 2 N–H and O–H groups in total. The Morgan fingerprint density at radius 3 is 2.72 bits per heavy atom. The van der Waals surface area contributed by atoms with Crippen LogP contribution in [0.1, 0.15) is 11.6 Å². The highest BCUT2D eigenvalue weighted by molar-refractivity contribution is 5.96. The monoisotopic (exact) mass is 239 g/mol. The lowest BCUT2D eigenvalue weighted by Gasteiger charge is -2.09. The molecule has 5 nitrogen and oxygen atoms in total. The molecular formula is C13H13N5. The normalized spacial score (nSPS) is 11.0. The van der Waals surface area contributed by atoms with E-state index in [2.05, 4.69) is 15.1 Å². The van der Waals surface area contributed by atoms with E-state index in [1.165, 1.54) is 0 Å². The molecule has 0 fully saturated rings. The summed E-state index contributed by atoms with van der Waals surface area (Å²) < 4.78 is 1.77. The molecule has 0 aliphatic rings. The summed E-state index contributed by atoms with van der Waals surface area (Å²) >= 11 is 0. The summed E-state index contributed by atoms with van der Waals surface area (Å²) in [4.78, 5) is 8.38. The van der Waals surface area contributed by atoms with Crippen LogP contribution in [0.3, 0.4) is 0 Å². The Labute approximate surface area is 104 Å². The third-order valence-corrected chi connectivity index (χ3v) is 2.94. The van der Waals surface area contributed by atoms with Crippen LogP contribution in [0.4, 0.5) is 5.69 Å². The predicted molar refractivity (Wildman–Crippen MR) is 70.5 cm³/mol. The number of hydrogen-bond donors (Lipinski definition) is 1. The van der Waals surface area contributed by atoms with Crippen LogP contribution in [0.15, 0.2) is 30.6 Å². The maximum atomic E-state index is 6.21. The highest BCUT2D eigenvalue weighted by Gasteiger charge is 2.10. The quantitative estimate of drug-likeness (QED) is 0.659. The summed E-state index contributed by atoms with van der Waals surface area (Å²) in [6, 6.07) is 5.85. The highest BCUT2D eigenvalue weighted by Crippen LogP contribution is 2.27. The van der Waals surface area contributed by atoms with E-state index >= 15 is 0 Å². The van der Waals surface area contributed by atoms with Crippen molar-refractivity contribution in [1.82, 2.24) is 19.7 Å².